The zero-order chi connectivity index (χ0) is 11.5. The van der Waals surface area contributed by atoms with Crippen LogP contribution in [-0.4, -0.2) is 29.5 Å². The topological polar surface area (TPSA) is 29.3 Å². The first-order chi connectivity index (χ1) is 6.95. The highest BCUT2D eigenvalue weighted by Gasteiger charge is 2.26. The normalized spacial score (nSPS) is 17.1. The van der Waals surface area contributed by atoms with E-state index in [-0.39, 0.29) is 5.41 Å². The van der Waals surface area contributed by atoms with Crippen molar-refractivity contribution in [2.75, 3.05) is 19.6 Å². The Labute approximate surface area is 99.2 Å². The summed E-state index contributed by atoms with van der Waals surface area (Å²) in [7, 11) is 0. The molecule has 3 heteroatoms. The van der Waals surface area contributed by atoms with Gasteiger partial charge in [0, 0.05) is 12.0 Å². The van der Waals surface area contributed by atoms with Gasteiger partial charge in [0.15, 0.2) is 0 Å². The molecule has 0 amide bonds. The van der Waals surface area contributed by atoms with Gasteiger partial charge in [0.1, 0.15) is 0 Å². The van der Waals surface area contributed by atoms with Crippen molar-refractivity contribution in [1.82, 2.24) is 4.90 Å². The minimum absolute atomic E-state index is 0.00625. The lowest BCUT2D eigenvalue weighted by atomic mass is 9.89. The molecule has 0 unspecified atom stereocenters. The summed E-state index contributed by atoms with van der Waals surface area (Å²) in [6, 6.07) is 0. The summed E-state index contributed by atoms with van der Waals surface area (Å²) in [5, 5.41) is 0. The highest BCUT2D eigenvalue weighted by atomic mass is 32.1. The highest BCUT2D eigenvalue weighted by molar-refractivity contribution is 7.80. The van der Waals surface area contributed by atoms with Crippen LogP contribution in [0.2, 0.25) is 0 Å². The lowest BCUT2D eigenvalue weighted by Gasteiger charge is -2.28. The van der Waals surface area contributed by atoms with Crippen LogP contribution in [0.5, 0.6) is 0 Å². The van der Waals surface area contributed by atoms with Crippen molar-refractivity contribution in [2.45, 2.75) is 40.0 Å². The number of nitrogens with zero attached hydrogens (tertiary/aromatic N) is 1. The average molecular weight is 228 g/mol. The number of rotatable bonds is 7. The van der Waals surface area contributed by atoms with Crippen molar-refractivity contribution in [1.29, 1.82) is 0 Å². The van der Waals surface area contributed by atoms with E-state index in [4.69, 9.17) is 18.0 Å². The molecule has 0 radical (unpaired) electrons. The third-order valence-corrected chi connectivity index (χ3v) is 3.93. The van der Waals surface area contributed by atoms with Crippen LogP contribution in [0.25, 0.3) is 0 Å². The molecule has 0 aliphatic heterocycles. The van der Waals surface area contributed by atoms with E-state index in [0.717, 1.165) is 25.4 Å². The maximum absolute atomic E-state index is 5.72. The first-order valence-corrected chi connectivity index (χ1v) is 6.39. The van der Waals surface area contributed by atoms with Crippen LogP contribution in [0.4, 0.5) is 0 Å². The maximum Gasteiger partial charge on any atom is 0.0784 e. The second-order valence-electron chi connectivity index (χ2n) is 5.33. The van der Waals surface area contributed by atoms with Crippen LogP contribution in [0, 0.1) is 11.3 Å². The smallest absolute Gasteiger partial charge is 0.0784 e. The van der Waals surface area contributed by atoms with Crippen molar-refractivity contribution in [2.24, 2.45) is 17.1 Å². The fourth-order valence-electron chi connectivity index (χ4n) is 1.60. The summed E-state index contributed by atoms with van der Waals surface area (Å²) in [6.45, 7) is 10.0. The SMILES string of the molecule is CCN(CCC(C)(C)C(N)=S)CC1CC1. The van der Waals surface area contributed by atoms with Gasteiger partial charge in [-0.05, 0) is 38.3 Å². The van der Waals surface area contributed by atoms with E-state index in [1.807, 2.05) is 0 Å². The molecular weight excluding hydrogens is 204 g/mol. The van der Waals surface area contributed by atoms with Gasteiger partial charge in [-0.25, -0.2) is 0 Å². The van der Waals surface area contributed by atoms with E-state index in [0.29, 0.717) is 4.99 Å². The standard InChI is InChI=1S/C12H24N2S/c1-4-14(9-10-5-6-10)8-7-12(2,3)11(13)15/h10H,4-9H2,1-3H3,(H2,13,15). The third kappa shape index (κ3) is 4.47. The molecule has 0 bridgehead atoms. The van der Waals surface area contributed by atoms with E-state index in [1.165, 1.54) is 19.4 Å². The molecule has 0 heterocycles. The van der Waals surface area contributed by atoms with E-state index in [2.05, 4.69) is 25.7 Å². The Morgan fingerprint density at radius 3 is 2.47 bits per heavy atom. The van der Waals surface area contributed by atoms with Gasteiger partial charge >= 0.3 is 0 Å². The fraction of sp³-hybridized carbons (Fsp3) is 0.917. The molecule has 0 spiro atoms. The van der Waals surface area contributed by atoms with Gasteiger partial charge in [-0.15, -0.1) is 0 Å². The molecule has 1 fully saturated rings. The molecule has 1 saturated carbocycles. The molecule has 0 saturated heterocycles. The molecule has 2 N–H and O–H groups in total. The van der Waals surface area contributed by atoms with Crippen molar-refractivity contribution in [3.63, 3.8) is 0 Å². The zero-order valence-corrected chi connectivity index (χ0v) is 11.1. The summed E-state index contributed by atoms with van der Waals surface area (Å²) in [4.78, 5) is 3.17. The molecule has 0 aromatic heterocycles. The van der Waals surface area contributed by atoms with Gasteiger partial charge < -0.3 is 10.6 Å². The Hall–Kier alpha value is -0.150. The van der Waals surface area contributed by atoms with Crippen LogP contribution >= 0.6 is 12.2 Å². The second-order valence-corrected chi connectivity index (χ2v) is 5.77. The number of thiocarbonyl (C=S) groups is 1. The number of hydrogen-bond donors (Lipinski definition) is 1. The van der Waals surface area contributed by atoms with Crippen LogP contribution < -0.4 is 5.73 Å². The summed E-state index contributed by atoms with van der Waals surface area (Å²) < 4.78 is 0. The first-order valence-electron chi connectivity index (χ1n) is 5.98. The Morgan fingerprint density at radius 2 is 2.07 bits per heavy atom. The van der Waals surface area contributed by atoms with Crippen molar-refractivity contribution in [3.05, 3.63) is 0 Å². The zero-order valence-electron chi connectivity index (χ0n) is 10.3. The average Bonchev–Trinajstić information content (AvgIpc) is 2.95. The van der Waals surface area contributed by atoms with E-state index in [9.17, 15) is 0 Å². The molecule has 15 heavy (non-hydrogen) atoms. The monoisotopic (exact) mass is 228 g/mol. The summed E-state index contributed by atoms with van der Waals surface area (Å²) in [6.07, 6.45) is 3.92. The Bertz CT molecular complexity index is 222. The fourth-order valence-corrected chi connectivity index (χ4v) is 1.71. The predicted molar refractivity (Wildman–Crippen MR) is 70.0 cm³/mol. The van der Waals surface area contributed by atoms with E-state index < -0.39 is 0 Å². The third-order valence-electron chi connectivity index (χ3n) is 3.38. The van der Waals surface area contributed by atoms with Crippen LogP contribution in [0.1, 0.15) is 40.0 Å². The van der Waals surface area contributed by atoms with Gasteiger partial charge in [-0.3, -0.25) is 0 Å². The van der Waals surface area contributed by atoms with E-state index in [1.54, 1.807) is 0 Å². The molecule has 2 nitrogen and oxygen atoms in total. The highest BCUT2D eigenvalue weighted by Crippen LogP contribution is 2.30. The molecule has 0 atom stereocenters. The molecule has 1 aliphatic rings. The van der Waals surface area contributed by atoms with Crippen molar-refractivity contribution in [3.8, 4) is 0 Å². The minimum atomic E-state index is 0.00625. The molecule has 88 valence electrons. The maximum atomic E-state index is 5.72. The minimum Gasteiger partial charge on any atom is -0.393 e. The van der Waals surface area contributed by atoms with E-state index >= 15 is 0 Å². The number of hydrogen-bond acceptors (Lipinski definition) is 2. The summed E-state index contributed by atoms with van der Waals surface area (Å²) in [5.74, 6) is 0.970. The van der Waals surface area contributed by atoms with Gasteiger partial charge in [-0.1, -0.05) is 33.0 Å². The first kappa shape index (κ1) is 12.9. The van der Waals surface area contributed by atoms with Crippen molar-refractivity contribution < 1.29 is 0 Å². The molecule has 1 rings (SSSR count). The largest absolute Gasteiger partial charge is 0.393 e. The van der Waals surface area contributed by atoms with Crippen LogP contribution in [0.3, 0.4) is 0 Å². The Balaban J connectivity index is 2.28. The Morgan fingerprint density at radius 1 is 1.47 bits per heavy atom. The van der Waals surface area contributed by atoms with Gasteiger partial charge in [0.05, 0.1) is 4.99 Å². The summed E-state index contributed by atoms with van der Waals surface area (Å²) in [5.41, 5.74) is 5.73. The molecule has 0 aromatic rings. The molecule has 0 aromatic carbocycles. The van der Waals surface area contributed by atoms with Gasteiger partial charge in [0.25, 0.3) is 0 Å². The van der Waals surface area contributed by atoms with Crippen LogP contribution in [0.15, 0.2) is 0 Å². The predicted octanol–water partition coefficient (Wildman–Crippen LogP) is 2.42. The van der Waals surface area contributed by atoms with Crippen molar-refractivity contribution >= 4 is 17.2 Å². The lowest BCUT2D eigenvalue weighted by Crippen LogP contribution is -2.35. The molecular formula is C12H24N2S. The number of nitrogens with two attached hydrogens (primary N) is 1. The quantitative estimate of drug-likeness (QED) is 0.679. The van der Waals surface area contributed by atoms with Gasteiger partial charge in [-0.2, -0.15) is 0 Å². The second kappa shape index (κ2) is 5.26. The Kier molecular flexibility index (Phi) is 4.53. The molecule has 1 aliphatic carbocycles. The van der Waals surface area contributed by atoms with Crippen LogP contribution in [-0.2, 0) is 0 Å². The van der Waals surface area contributed by atoms with Gasteiger partial charge in [0.2, 0.25) is 0 Å². The summed E-state index contributed by atoms with van der Waals surface area (Å²) >= 11 is 5.08. The lowest BCUT2D eigenvalue weighted by molar-refractivity contribution is 0.248.